The van der Waals surface area contributed by atoms with E-state index in [1.807, 2.05) is 12.2 Å². The van der Waals surface area contributed by atoms with Crippen molar-refractivity contribution in [2.24, 2.45) is 5.92 Å². The second-order valence-corrected chi connectivity index (χ2v) is 3.44. The second-order valence-electron chi connectivity index (χ2n) is 3.44. The summed E-state index contributed by atoms with van der Waals surface area (Å²) in [5.74, 6) is 0.206. The fourth-order valence-corrected chi connectivity index (χ4v) is 1.30. The van der Waals surface area contributed by atoms with Crippen LogP contribution in [0.2, 0.25) is 0 Å². The van der Waals surface area contributed by atoms with Crippen molar-refractivity contribution >= 4 is 5.91 Å². The van der Waals surface area contributed by atoms with Gasteiger partial charge >= 0.3 is 0 Å². The summed E-state index contributed by atoms with van der Waals surface area (Å²) in [5, 5.41) is 2.90. The van der Waals surface area contributed by atoms with Crippen LogP contribution in [0.25, 0.3) is 0 Å². The molecule has 1 aliphatic carbocycles. The van der Waals surface area contributed by atoms with Gasteiger partial charge in [-0.05, 0) is 19.8 Å². The van der Waals surface area contributed by atoms with Gasteiger partial charge in [0.15, 0.2) is 0 Å². The normalized spacial score (nSPS) is 21.1. The van der Waals surface area contributed by atoms with Crippen LogP contribution in [-0.2, 0) is 4.79 Å². The topological polar surface area (TPSA) is 29.1 Å². The Morgan fingerprint density at radius 3 is 3.00 bits per heavy atom. The summed E-state index contributed by atoms with van der Waals surface area (Å²) in [7, 11) is 0. The standard InChI is InChI=1S/C11H17NO/c1-3-8-12-11(13)10-6-4-9(2)5-7-10/h4-6,10H,3,7-8H2,1-2H3,(H,12,13). The number of carbonyl (C=O) groups is 1. The van der Waals surface area contributed by atoms with Gasteiger partial charge in [0.1, 0.15) is 0 Å². The van der Waals surface area contributed by atoms with Gasteiger partial charge in [-0.3, -0.25) is 4.79 Å². The zero-order valence-electron chi connectivity index (χ0n) is 8.34. The number of hydrogen-bond acceptors (Lipinski definition) is 1. The van der Waals surface area contributed by atoms with Crippen molar-refractivity contribution in [3.8, 4) is 0 Å². The summed E-state index contributed by atoms with van der Waals surface area (Å²) in [6.07, 6.45) is 7.95. The van der Waals surface area contributed by atoms with Gasteiger partial charge in [-0.15, -0.1) is 0 Å². The average molecular weight is 179 g/mol. The van der Waals surface area contributed by atoms with E-state index in [0.717, 1.165) is 19.4 Å². The molecule has 1 atom stereocenters. The lowest BCUT2D eigenvalue weighted by molar-refractivity contribution is -0.123. The van der Waals surface area contributed by atoms with Crippen LogP contribution >= 0.6 is 0 Å². The van der Waals surface area contributed by atoms with Gasteiger partial charge < -0.3 is 5.32 Å². The Morgan fingerprint density at radius 1 is 1.69 bits per heavy atom. The van der Waals surface area contributed by atoms with E-state index in [1.54, 1.807) is 0 Å². The zero-order valence-corrected chi connectivity index (χ0v) is 8.34. The minimum absolute atomic E-state index is 0.0512. The van der Waals surface area contributed by atoms with E-state index in [1.165, 1.54) is 5.57 Å². The predicted octanol–water partition coefficient (Wildman–Crippen LogP) is 2.04. The Morgan fingerprint density at radius 2 is 2.46 bits per heavy atom. The third-order valence-electron chi connectivity index (χ3n) is 2.17. The molecule has 0 aromatic rings. The lowest BCUT2D eigenvalue weighted by Crippen LogP contribution is -2.30. The molecule has 1 N–H and O–H groups in total. The van der Waals surface area contributed by atoms with Gasteiger partial charge in [0.25, 0.3) is 0 Å². The Hall–Kier alpha value is -1.05. The first kappa shape index (κ1) is 10.0. The van der Waals surface area contributed by atoms with E-state index in [0.29, 0.717) is 0 Å². The van der Waals surface area contributed by atoms with Crippen LogP contribution in [0.3, 0.4) is 0 Å². The van der Waals surface area contributed by atoms with Gasteiger partial charge in [0.2, 0.25) is 5.91 Å². The van der Waals surface area contributed by atoms with Crippen molar-refractivity contribution in [3.63, 3.8) is 0 Å². The second kappa shape index (κ2) is 4.85. The first-order valence-corrected chi connectivity index (χ1v) is 4.86. The number of amides is 1. The smallest absolute Gasteiger partial charge is 0.227 e. The van der Waals surface area contributed by atoms with Crippen molar-refractivity contribution < 1.29 is 4.79 Å². The number of nitrogens with one attached hydrogen (secondary N) is 1. The molecule has 0 aromatic carbocycles. The minimum atomic E-state index is 0.0512. The molecule has 0 bridgehead atoms. The van der Waals surface area contributed by atoms with Crippen LogP contribution < -0.4 is 5.32 Å². The molecule has 0 spiro atoms. The quantitative estimate of drug-likeness (QED) is 0.705. The molecule has 0 saturated carbocycles. The van der Waals surface area contributed by atoms with Crippen molar-refractivity contribution in [2.45, 2.75) is 26.7 Å². The third kappa shape index (κ3) is 3.05. The monoisotopic (exact) mass is 179 g/mol. The fourth-order valence-electron chi connectivity index (χ4n) is 1.30. The SMILES string of the molecule is CCCNC(=O)C1C=CC(C)=CC1. The molecule has 1 rings (SSSR count). The highest BCUT2D eigenvalue weighted by molar-refractivity contribution is 5.80. The molecule has 72 valence electrons. The van der Waals surface area contributed by atoms with Gasteiger partial charge in [-0.2, -0.15) is 0 Å². The maximum absolute atomic E-state index is 11.5. The van der Waals surface area contributed by atoms with Crippen molar-refractivity contribution in [3.05, 3.63) is 23.8 Å². The lowest BCUT2D eigenvalue weighted by Gasteiger charge is -2.14. The highest BCUT2D eigenvalue weighted by Gasteiger charge is 2.14. The highest BCUT2D eigenvalue weighted by Crippen LogP contribution is 2.15. The van der Waals surface area contributed by atoms with Gasteiger partial charge in [0.05, 0.1) is 5.92 Å². The zero-order chi connectivity index (χ0) is 9.68. The Balaban J connectivity index is 2.38. The molecule has 1 unspecified atom stereocenters. The van der Waals surface area contributed by atoms with E-state index >= 15 is 0 Å². The third-order valence-corrected chi connectivity index (χ3v) is 2.17. The van der Waals surface area contributed by atoms with Crippen molar-refractivity contribution in [1.29, 1.82) is 0 Å². The van der Waals surface area contributed by atoms with E-state index in [9.17, 15) is 4.79 Å². The summed E-state index contributed by atoms with van der Waals surface area (Å²) in [6, 6.07) is 0. The summed E-state index contributed by atoms with van der Waals surface area (Å²) < 4.78 is 0. The van der Waals surface area contributed by atoms with E-state index < -0.39 is 0 Å². The van der Waals surface area contributed by atoms with Crippen LogP contribution in [-0.4, -0.2) is 12.5 Å². The molecule has 1 aliphatic rings. The molecular formula is C11H17NO. The Bertz CT molecular complexity index is 240. The van der Waals surface area contributed by atoms with Gasteiger partial charge in [0, 0.05) is 6.54 Å². The van der Waals surface area contributed by atoms with Crippen LogP contribution in [0.1, 0.15) is 26.7 Å². The Kier molecular flexibility index (Phi) is 3.74. The van der Waals surface area contributed by atoms with E-state index in [4.69, 9.17) is 0 Å². The minimum Gasteiger partial charge on any atom is -0.356 e. The number of hydrogen-bond donors (Lipinski definition) is 1. The fraction of sp³-hybridized carbons (Fsp3) is 0.545. The Labute approximate surface area is 79.7 Å². The van der Waals surface area contributed by atoms with Crippen molar-refractivity contribution in [2.75, 3.05) is 6.54 Å². The van der Waals surface area contributed by atoms with Crippen molar-refractivity contribution in [1.82, 2.24) is 5.32 Å². The maximum atomic E-state index is 11.5. The summed E-state index contributed by atoms with van der Waals surface area (Å²) in [6.45, 7) is 4.89. The number of allylic oxidation sites excluding steroid dienone is 3. The molecule has 0 aliphatic heterocycles. The molecule has 0 aromatic heterocycles. The number of rotatable bonds is 3. The first-order valence-electron chi connectivity index (χ1n) is 4.86. The molecule has 0 saturated heterocycles. The molecule has 0 fully saturated rings. The highest BCUT2D eigenvalue weighted by atomic mass is 16.1. The first-order chi connectivity index (χ1) is 6.24. The molecule has 0 heterocycles. The molecular weight excluding hydrogens is 162 g/mol. The van der Waals surface area contributed by atoms with Crippen LogP contribution in [0.15, 0.2) is 23.8 Å². The molecule has 1 amide bonds. The van der Waals surface area contributed by atoms with Crippen LogP contribution in [0.5, 0.6) is 0 Å². The largest absolute Gasteiger partial charge is 0.356 e. The van der Waals surface area contributed by atoms with Gasteiger partial charge in [-0.25, -0.2) is 0 Å². The summed E-state index contributed by atoms with van der Waals surface area (Å²) in [4.78, 5) is 11.5. The van der Waals surface area contributed by atoms with Gasteiger partial charge in [-0.1, -0.05) is 30.7 Å². The molecule has 2 nitrogen and oxygen atoms in total. The summed E-state index contributed by atoms with van der Waals surface area (Å²) >= 11 is 0. The van der Waals surface area contributed by atoms with Crippen LogP contribution in [0, 0.1) is 5.92 Å². The molecule has 2 heteroatoms. The van der Waals surface area contributed by atoms with E-state index in [-0.39, 0.29) is 11.8 Å². The van der Waals surface area contributed by atoms with Crippen LogP contribution in [0.4, 0.5) is 0 Å². The summed E-state index contributed by atoms with van der Waals surface area (Å²) in [5.41, 5.74) is 1.25. The maximum Gasteiger partial charge on any atom is 0.227 e. The molecule has 0 radical (unpaired) electrons. The molecule has 13 heavy (non-hydrogen) atoms. The predicted molar refractivity (Wildman–Crippen MR) is 54.3 cm³/mol. The number of carbonyl (C=O) groups excluding carboxylic acids is 1. The van der Waals surface area contributed by atoms with E-state index in [2.05, 4.69) is 25.2 Å². The lowest BCUT2D eigenvalue weighted by atomic mass is 9.97. The average Bonchev–Trinajstić information content (AvgIpc) is 2.15.